The van der Waals surface area contributed by atoms with Gasteiger partial charge in [0.15, 0.2) is 10.4 Å². The zero-order valence-electron chi connectivity index (χ0n) is 11.5. The van der Waals surface area contributed by atoms with E-state index in [9.17, 15) is 5.26 Å². The number of nitrogens with one attached hydrogen (secondary N) is 1. The molecule has 0 unspecified atom stereocenters. The van der Waals surface area contributed by atoms with Gasteiger partial charge in [0.1, 0.15) is 17.5 Å². The molecule has 3 aromatic rings. The number of para-hydroxylation sites is 1. The van der Waals surface area contributed by atoms with Gasteiger partial charge in [0.2, 0.25) is 0 Å². The lowest BCUT2D eigenvalue weighted by Gasteiger charge is -2.11. The Kier molecular flexibility index (Phi) is 3.20. The van der Waals surface area contributed by atoms with Crippen molar-refractivity contribution in [1.82, 2.24) is 14.5 Å². The summed E-state index contributed by atoms with van der Waals surface area (Å²) in [5.74, 6) is 0.578. The van der Waals surface area contributed by atoms with Crippen molar-refractivity contribution in [3.8, 4) is 17.5 Å². The minimum absolute atomic E-state index is 0.476. The van der Waals surface area contributed by atoms with E-state index < -0.39 is 0 Å². The van der Waals surface area contributed by atoms with E-state index >= 15 is 0 Å². The topological polar surface area (TPSA) is 66.6 Å². The molecular weight excluding hydrogens is 284 g/mol. The van der Waals surface area contributed by atoms with Crippen molar-refractivity contribution < 1.29 is 4.74 Å². The summed E-state index contributed by atoms with van der Waals surface area (Å²) < 4.78 is 7.61. The monoisotopic (exact) mass is 296 g/mol. The number of methoxy groups -OCH3 is 1. The van der Waals surface area contributed by atoms with Gasteiger partial charge in [-0.2, -0.15) is 5.26 Å². The van der Waals surface area contributed by atoms with E-state index in [4.69, 9.17) is 17.0 Å². The van der Waals surface area contributed by atoms with Crippen LogP contribution in [-0.4, -0.2) is 21.6 Å². The first-order chi connectivity index (χ1) is 10.2. The number of hydrogen-bond donors (Lipinski definition) is 1. The predicted molar refractivity (Wildman–Crippen MR) is 82.3 cm³/mol. The van der Waals surface area contributed by atoms with Crippen LogP contribution in [0.5, 0.6) is 5.75 Å². The van der Waals surface area contributed by atoms with Gasteiger partial charge < -0.3 is 9.72 Å². The van der Waals surface area contributed by atoms with Crippen molar-refractivity contribution in [2.24, 2.45) is 0 Å². The second kappa shape index (κ2) is 5.04. The van der Waals surface area contributed by atoms with Gasteiger partial charge in [-0.05, 0) is 43.4 Å². The molecule has 6 heteroatoms. The standard InChI is InChI=1S/C15H12N4OS/c1-9-6-7-11-14(17-9)19(15(21)18-11)13-10(8-16)4-3-5-12(13)20-2/h3-7H,1-2H3,(H,18,21). The van der Waals surface area contributed by atoms with E-state index in [1.165, 1.54) is 0 Å². The number of hydrogen-bond acceptors (Lipinski definition) is 4. The molecule has 0 aliphatic rings. The number of rotatable bonds is 2. The third-order valence-electron chi connectivity index (χ3n) is 3.23. The summed E-state index contributed by atoms with van der Waals surface area (Å²) in [6.07, 6.45) is 0. The number of aromatic amines is 1. The number of aromatic nitrogens is 3. The van der Waals surface area contributed by atoms with E-state index in [1.54, 1.807) is 29.9 Å². The van der Waals surface area contributed by atoms with Crippen LogP contribution in [0.4, 0.5) is 0 Å². The van der Waals surface area contributed by atoms with Crippen LogP contribution in [0.2, 0.25) is 0 Å². The summed E-state index contributed by atoms with van der Waals surface area (Å²) >= 11 is 5.40. The van der Waals surface area contributed by atoms with Crippen molar-refractivity contribution in [1.29, 1.82) is 5.26 Å². The molecule has 0 atom stereocenters. The van der Waals surface area contributed by atoms with Crippen molar-refractivity contribution >= 4 is 23.4 Å². The number of aryl methyl sites for hydroxylation is 1. The Labute approximate surface area is 126 Å². The van der Waals surface area contributed by atoms with Crippen molar-refractivity contribution in [2.45, 2.75) is 6.92 Å². The maximum atomic E-state index is 9.37. The summed E-state index contributed by atoms with van der Waals surface area (Å²) in [7, 11) is 1.57. The lowest BCUT2D eigenvalue weighted by molar-refractivity contribution is 0.413. The number of nitriles is 1. The average molecular weight is 296 g/mol. The molecule has 0 radical (unpaired) electrons. The molecule has 0 aliphatic heterocycles. The zero-order chi connectivity index (χ0) is 15.0. The molecule has 3 rings (SSSR count). The summed E-state index contributed by atoms with van der Waals surface area (Å²) in [6.45, 7) is 1.91. The molecule has 2 aromatic heterocycles. The van der Waals surface area contributed by atoms with Gasteiger partial charge in [-0.1, -0.05) is 6.07 Å². The fourth-order valence-corrected chi connectivity index (χ4v) is 2.58. The Morgan fingerprint density at radius 3 is 2.86 bits per heavy atom. The molecule has 0 spiro atoms. The fourth-order valence-electron chi connectivity index (χ4n) is 2.29. The first-order valence-electron chi connectivity index (χ1n) is 6.31. The van der Waals surface area contributed by atoms with Gasteiger partial charge in [0, 0.05) is 5.69 Å². The number of pyridine rings is 1. The molecule has 0 saturated heterocycles. The Morgan fingerprint density at radius 2 is 2.14 bits per heavy atom. The third kappa shape index (κ3) is 2.08. The molecule has 0 aliphatic carbocycles. The number of nitrogens with zero attached hydrogens (tertiary/aromatic N) is 3. The Balaban J connectivity index is 2.47. The van der Waals surface area contributed by atoms with E-state index in [0.29, 0.717) is 27.4 Å². The van der Waals surface area contributed by atoms with Gasteiger partial charge in [-0.3, -0.25) is 4.57 Å². The summed E-state index contributed by atoms with van der Waals surface area (Å²) in [5.41, 5.74) is 3.46. The normalized spacial score (nSPS) is 10.5. The molecule has 104 valence electrons. The quantitative estimate of drug-likeness (QED) is 0.737. The minimum atomic E-state index is 0.476. The second-order valence-corrected chi connectivity index (χ2v) is 4.94. The Hall–Kier alpha value is -2.65. The van der Waals surface area contributed by atoms with Gasteiger partial charge in [-0.15, -0.1) is 0 Å². The van der Waals surface area contributed by atoms with Gasteiger partial charge >= 0.3 is 0 Å². The van der Waals surface area contributed by atoms with Crippen molar-refractivity contribution in [2.75, 3.05) is 7.11 Å². The molecule has 0 amide bonds. The SMILES string of the molecule is COc1cccc(C#N)c1-n1c(=S)[nH]c2ccc(C)nc21. The highest BCUT2D eigenvalue weighted by atomic mass is 32.1. The van der Waals surface area contributed by atoms with Crippen LogP contribution in [0.3, 0.4) is 0 Å². The highest BCUT2D eigenvalue weighted by molar-refractivity contribution is 7.71. The summed E-state index contributed by atoms with van der Waals surface area (Å²) in [5, 5.41) is 9.37. The van der Waals surface area contributed by atoms with Crippen LogP contribution in [0.1, 0.15) is 11.3 Å². The molecule has 1 aromatic carbocycles. The highest BCUT2D eigenvalue weighted by Crippen LogP contribution is 2.29. The molecule has 0 bridgehead atoms. The van der Waals surface area contributed by atoms with Gasteiger partial charge in [-0.25, -0.2) is 4.98 Å². The number of H-pyrrole nitrogens is 1. The Morgan fingerprint density at radius 1 is 1.33 bits per heavy atom. The van der Waals surface area contributed by atoms with Crippen LogP contribution in [0.25, 0.3) is 16.9 Å². The lowest BCUT2D eigenvalue weighted by Crippen LogP contribution is -2.02. The Bertz CT molecular complexity index is 933. The maximum absolute atomic E-state index is 9.37. The highest BCUT2D eigenvalue weighted by Gasteiger charge is 2.16. The first-order valence-corrected chi connectivity index (χ1v) is 6.72. The molecular formula is C15H12N4OS. The molecule has 2 heterocycles. The third-order valence-corrected chi connectivity index (χ3v) is 3.52. The molecule has 21 heavy (non-hydrogen) atoms. The number of fused-ring (bicyclic) bond motifs is 1. The number of imidazole rings is 1. The first kappa shape index (κ1) is 13.3. The lowest BCUT2D eigenvalue weighted by atomic mass is 10.1. The molecule has 1 N–H and O–H groups in total. The molecule has 0 fully saturated rings. The van der Waals surface area contributed by atoms with E-state index in [-0.39, 0.29) is 0 Å². The zero-order valence-corrected chi connectivity index (χ0v) is 12.4. The maximum Gasteiger partial charge on any atom is 0.184 e. The van der Waals surface area contributed by atoms with Crippen molar-refractivity contribution in [3.63, 3.8) is 0 Å². The van der Waals surface area contributed by atoms with E-state index in [2.05, 4.69) is 16.0 Å². The molecule has 0 saturated carbocycles. The van der Waals surface area contributed by atoms with Crippen LogP contribution < -0.4 is 4.74 Å². The van der Waals surface area contributed by atoms with Crippen LogP contribution in [0.15, 0.2) is 30.3 Å². The van der Waals surface area contributed by atoms with E-state index in [1.807, 2.05) is 19.1 Å². The largest absolute Gasteiger partial charge is 0.495 e. The van der Waals surface area contributed by atoms with Gasteiger partial charge in [0.05, 0.1) is 18.2 Å². The fraction of sp³-hybridized carbons (Fsp3) is 0.133. The number of ether oxygens (including phenoxy) is 1. The van der Waals surface area contributed by atoms with Crippen LogP contribution >= 0.6 is 12.2 Å². The number of benzene rings is 1. The minimum Gasteiger partial charge on any atom is -0.495 e. The molecule has 5 nitrogen and oxygen atoms in total. The predicted octanol–water partition coefficient (Wildman–Crippen LogP) is 3.27. The second-order valence-electron chi connectivity index (χ2n) is 4.56. The summed E-state index contributed by atoms with van der Waals surface area (Å²) in [4.78, 5) is 7.63. The van der Waals surface area contributed by atoms with Crippen LogP contribution in [-0.2, 0) is 0 Å². The average Bonchev–Trinajstić information content (AvgIpc) is 2.81. The van der Waals surface area contributed by atoms with Crippen molar-refractivity contribution in [3.05, 3.63) is 46.4 Å². The smallest absolute Gasteiger partial charge is 0.184 e. The summed E-state index contributed by atoms with van der Waals surface area (Å²) in [6, 6.07) is 11.3. The van der Waals surface area contributed by atoms with Gasteiger partial charge in [0.25, 0.3) is 0 Å². The van der Waals surface area contributed by atoms with E-state index in [0.717, 1.165) is 11.2 Å². The van der Waals surface area contributed by atoms with Crippen LogP contribution in [0, 0.1) is 23.0 Å².